The highest BCUT2D eigenvalue weighted by atomic mass is 16.5. The van der Waals surface area contributed by atoms with Crippen molar-refractivity contribution < 1.29 is 19.1 Å². The molecule has 1 heterocycles. The number of rotatable bonds is 6. The van der Waals surface area contributed by atoms with Crippen molar-refractivity contribution in [3.63, 3.8) is 0 Å². The zero-order chi connectivity index (χ0) is 21.1. The summed E-state index contributed by atoms with van der Waals surface area (Å²) in [6.07, 6.45) is 1.90. The van der Waals surface area contributed by atoms with E-state index in [-0.39, 0.29) is 6.04 Å². The van der Waals surface area contributed by atoms with Crippen LogP contribution in [-0.2, 0) is 19.4 Å². The van der Waals surface area contributed by atoms with Crippen LogP contribution in [-0.4, -0.2) is 37.4 Å². The van der Waals surface area contributed by atoms with Gasteiger partial charge in [0, 0.05) is 24.0 Å². The van der Waals surface area contributed by atoms with Crippen molar-refractivity contribution in [1.29, 1.82) is 0 Å². The first-order valence-electron chi connectivity index (χ1n) is 10.4. The van der Waals surface area contributed by atoms with Gasteiger partial charge in [0.2, 0.25) is 0 Å². The molecule has 4 nitrogen and oxygen atoms in total. The molecular weight excluding hydrogens is 374 g/mol. The van der Waals surface area contributed by atoms with E-state index >= 15 is 0 Å². The number of aromatic hydroxyl groups is 1. The molecular formula is C26H30NO3+. The smallest absolute Gasteiger partial charge is 0.161 e. The zero-order valence-electron chi connectivity index (χ0n) is 18.0. The Morgan fingerprint density at radius 2 is 1.57 bits per heavy atom. The van der Waals surface area contributed by atoms with Gasteiger partial charge in [0.25, 0.3) is 0 Å². The van der Waals surface area contributed by atoms with Crippen LogP contribution in [0.3, 0.4) is 0 Å². The molecule has 30 heavy (non-hydrogen) atoms. The van der Waals surface area contributed by atoms with Gasteiger partial charge < -0.3 is 19.1 Å². The minimum atomic E-state index is 0.276. The summed E-state index contributed by atoms with van der Waals surface area (Å²) in [6, 6.07) is 22.9. The maximum absolute atomic E-state index is 9.71. The summed E-state index contributed by atoms with van der Waals surface area (Å²) in [5, 5.41) is 9.71. The van der Waals surface area contributed by atoms with Gasteiger partial charge in [0.1, 0.15) is 18.3 Å². The fourth-order valence-electron chi connectivity index (χ4n) is 4.71. The lowest BCUT2D eigenvalue weighted by Gasteiger charge is -2.46. The predicted molar refractivity (Wildman–Crippen MR) is 119 cm³/mol. The first-order valence-corrected chi connectivity index (χ1v) is 10.4. The van der Waals surface area contributed by atoms with Crippen LogP contribution in [0.5, 0.6) is 17.2 Å². The lowest BCUT2D eigenvalue weighted by Crippen LogP contribution is -2.51. The summed E-state index contributed by atoms with van der Waals surface area (Å²) in [6.45, 7) is 2.03. The second-order valence-corrected chi connectivity index (χ2v) is 8.39. The Kier molecular flexibility index (Phi) is 5.69. The molecule has 0 saturated heterocycles. The highest BCUT2D eigenvalue weighted by Crippen LogP contribution is 2.43. The first-order chi connectivity index (χ1) is 14.5. The Bertz CT molecular complexity index is 1000. The van der Waals surface area contributed by atoms with E-state index in [9.17, 15) is 5.11 Å². The molecule has 156 valence electrons. The number of methoxy groups -OCH3 is 2. The highest BCUT2D eigenvalue weighted by molar-refractivity contribution is 5.49. The number of ether oxygens (including phenoxy) is 2. The van der Waals surface area contributed by atoms with Crippen LogP contribution in [0, 0.1) is 0 Å². The second-order valence-electron chi connectivity index (χ2n) is 8.39. The zero-order valence-corrected chi connectivity index (χ0v) is 18.0. The van der Waals surface area contributed by atoms with Gasteiger partial charge in [-0.2, -0.15) is 0 Å². The van der Waals surface area contributed by atoms with E-state index in [2.05, 4.69) is 49.5 Å². The number of benzene rings is 3. The molecule has 1 aliphatic heterocycles. The van der Waals surface area contributed by atoms with Gasteiger partial charge in [-0.15, -0.1) is 0 Å². The summed E-state index contributed by atoms with van der Waals surface area (Å²) < 4.78 is 12.1. The largest absolute Gasteiger partial charge is 0.508 e. The van der Waals surface area contributed by atoms with E-state index < -0.39 is 0 Å². The van der Waals surface area contributed by atoms with Gasteiger partial charge in [0.05, 0.1) is 27.8 Å². The molecule has 0 bridgehead atoms. The molecule has 3 aromatic rings. The van der Waals surface area contributed by atoms with Gasteiger partial charge in [-0.3, -0.25) is 0 Å². The SMILES string of the molecule is COc1cc2c(cc1OC)[C@H](Cc1ccc(O)cc1)[N+](C)(Cc1ccccc1)CC2. The van der Waals surface area contributed by atoms with Crippen LogP contribution < -0.4 is 9.47 Å². The average Bonchev–Trinajstić information content (AvgIpc) is 2.77. The van der Waals surface area contributed by atoms with E-state index in [4.69, 9.17) is 9.47 Å². The summed E-state index contributed by atoms with van der Waals surface area (Å²) in [4.78, 5) is 0. The van der Waals surface area contributed by atoms with Gasteiger partial charge >= 0.3 is 0 Å². The monoisotopic (exact) mass is 404 g/mol. The van der Waals surface area contributed by atoms with Crippen molar-refractivity contribution in [1.82, 2.24) is 0 Å². The van der Waals surface area contributed by atoms with Crippen molar-refractivity contribution in [2.45, 2.75) is 25.4 Å². The van der Waals surface area contributed by atoms with Crippen molar-refractivity contribution in [2.24, 2.45) is 0 Å². The Balaban J connectivity index is 1.78. The lowest BCUT2D eigenvalue weighted by atomic mass is 9.86. The van der Waals surface area contributed by atoms with E-state index in [1.54, 1.807) is 26.4 Å². The molecule has 1 unspecified atom stereocenters. The molecule has 0 aromatic heterocycles. The Morgan fingerprint density at radius 3 is 2.23 bits per heavy atom. The molecule has 0 saturated carbocycles. The number of phenolic OH excluding ortho intramolecular Hbond substituents is 1. The second kappa shape index (κ2) is 8.41. The van der Waals surface area contributed by atoms with Crippen molar-refractivity contribution in [2.75, 3.05) is 27.8 Å². The molecule has 4 rings (SSSR count). The fourth-order valence-corrected chi connectivity index (χ4v) is 4.71. The van der Waals surface area contributed by atoms with Crippen LogP contribution >= 0.6 is 0 Å². The van der Waals surface area contributed by atoms with Crippen molar-refractivity contribution in [3.05, 3.63) is 89.0 Å². The van der Waals surface area contributed by atoms with Crippen LogP contribution in [0.15, 0.2) is 66.7 Å². The van der Waals surface area contributed by atoms with Crippen LogP contribution in [0.4, 0.5) is 0 Å². The first kappa shape index (κ1) is 20.3. The number of hydrogen-bond acceptors (Lipinski definition) is 3. The standard InChI is InChI=1S/C26H29NO3/c1-27(18-20-7-5-4-6-8-20)14-13-21-16-25(29-2)26(30-3)17-23(21)24(27)15-19-9-11-22(28)12-10-19/h4-12,16-17,24H,13-15,18H2,1-3H3/p+1/t24-,27?/m0/s1. The number of nitrogens with zero attached hydrogens (tertiary/aromatic N) is 1. The van der Waals surface area contributed by atoms with Gasteiger partial charge in [-0.25, -0.2) is 0 Å². The van der Waals surface area contributed by atoms with E-state index in [1.807, 2.05) is 12.1 Å². The molecule has 1 N–H and O–H groups in total. The Morgan fingerprint density at radius 1 is 0.900 bits per heavy atom. The molecule has 1 aliphatic rings. The summed E-state index contributed by atoms with van der Waals surface area (Å²) in [5.41, 5.74) is 5.22. The van der Waals surface area contributed by atoms with E-state index in [1.165, 1.54) is 22.3 Å². The maximum atomic E-state index is 9.71. The molecule has 3 aromatic carbocycles. The minimum absolute atomic E-state index is 0.276. The summed E-state index contributed by atoms with van der Waals surface area (Å²) in [7, 11) is 5.74. The van der Waals surface area contributed by atoms with E-state index in [0.29, 0.717) is 5.75 Å². The average molecular weight is 405 g/mol. The minimum Gasteiger partial charge on any atom is -0.508 e. The Labute approximate surface area is 178 Å². The molecule has 2 atom stereocenters. The molecule has 0 radical (unpaired) electrons. The molecule has 0 spiro atoms. The van der Waals surface area contributed by atoms with Crippen molar-refractivity contribution in [3.8, 4) is 17.2 Å². The maximum Gasteiger partial charge on any atom is 0.161 e. The summed E-state index contributed by atoms with van der Waals surface area (Å²) in [5.74, 6) is 1.87. The predicted octanol–water partition coefficient (Wildman–Crippen LogP) is 4.90. The fraction of sp³-hybridized carbons (Fsp3) is 0.308. The highest BCUT2D eigenvalue weighted by Gasteiger charge is 2.40. The number of fused-ring (bicyclic) bond motifs is 1. The van der Waals surface area contributed by atoms with Crippen LogP contribution in [0.1, 0.15) is 28.3 Å². The lowest BCUT2D eigenvalue weighted by molar-refractivity contribution is -0.954. The Hall–Kier alpha value is -2.98. The number of phenols is 1. The van der Waals surface area contributed by atoms with Gasteiger partial charge in [0.15, 0.2) is 11.5 Å². The molecule has 4 heteroatoms. The topological polar surface area (TPSA) is 38.7 Å². The molecule has 0 fully saturated rings. The molecule has 0 aliphatic carbocycles. The third-order valence-electron chi connectivity index (χ3n) is 6.40. The number of hydrogen-bond donors (Lipinski definition) is 1. The van der Waals surface area contributed by atoms with Gasteiger partial charge in [-0.05, 0) is 35.4 Å². The normalized spacial score (nSPS) is 20.4. The van der Waals surface area contributed by atoms with Crippen molar-refractivity contribution >= 4 is 0 Å². The molecule has 0 amide bonds. The third-order valence-corrected chi connectivity index (χ3v) is 6.40. The number of quaternary nitrogens is 1. The number of likely N-dealkylation sites (N-methyl/N-ethyl adjacent to an activating group) is 1. The summed E-state index contributed by atoms with van der Waals surface area (Å²) >= 11 is 0. The van der Waals surface area contributed by atoms with Crippen LogP contribution in [0.25, 0.3) is 0 Å². The quantitative estimate of drug-likeness (QED) is 0.594. The van der Waals surface area contributed by atoms with E-state index in [0.717, 1.165) is 41.9 Å². The van der Waals surface area contributed by atoms with Crippen LogP contribution in [0.2, 0.25) is 0 Å². The third kappa shape index (κ3) is 4.01. The van der Waals surface area contributed by atoms with Gasteiger partial charge in [-0.1, -0.05) is 42.5 Å².